The van der Waals surface area contributed by atoms with E-state index >= 15 is 0 Å². The molecule has 25 heavy (non-hydrogen) atoms. The average molecular weight is 338 g/mol. The van der Waals surface area contributed by atoms with E-state index in [9.17, 15) is 0 Å². The Morgan fingerprint density at radius 2 is 1.44 bits per heavy atom. The lowest BCUT2D eigenvalue weighted by atomic mass is 9.86. The summed E-state index contributed by atoms with van der Waals surface area (Å²) in [7, 11) is 1.72. The first-order chi connectivity index (χ1) is 11.7. The highest BCUT2D eigenvalue weighted by atomic mass is 16.5. The minimum absolute atomic E-state index is 0.470. The lowest BCUT2D eigenvalue weighted by Crippen LogP contribution is -2.08. The number of ether oxygens (including phenoxy) is 1. The molecule has 0 aliphatic rings. The summed E-state index contributed by atoms with van der Waals surface area (Å²) in [6.45, 7) is 17.4. The zero-order valence-electron chi connectivity index (χ0n) is 17.2. The minimum Gasteiger partial charge on any atom is -0.496 e. The molecule has 0 atom stereocenters. The van der Waals surface area contributed by atoms with Gasteiger partial charge in [-0.25, -0.2) is 0 Å². The molecule has 0 unspecified atom stereocenters. The van der Waals surface area contributed by atoms with Crippen LogP contribution in [0.4, 0.5) is 5.69 Å². The maximum absolute atomic E-state index is 5.47. The molecule has 2 nitrogen and oxygen atoms in total. The third kappa shape index (κ3) is 3.78. The van der Waals surface area contributed by atoms with Gasteiger partial charge in [-0.05, 0) is 93.0 Å². The number of aryl methyl sites for hydroxylation is 3. The number of hydrogen-bond acceptors (Lipinski definition) is 2. The van der Waals surface area contributed by atoms with Crippen molar-refractivity contribution in [2.75, 3.05) is 7.11 Å². The van der Waals surface area contributed by atoms with Gasteiger partial charge in [-0.15, -0.1) is 0 Å². The number of hydrogen-bond donors (Lipinski definition) is 0. The Bertz CT molecular complexity index is 805. The standard InChI is InChI=1S/C23H31NO/c1-13(2)21-12-14(3)17(6)18(7)22(21)19(8)24-20-10-15(4)23(25-9)16(5)11-20/h10-13H,1-9H3. The van der Waals surface area contributed by atoms with Gasteiger partial charge in [0.25, 0.3) is 0 Å². The number of benzene rings is 2. The first kappa shape index (κ1) is 19.2. The van der Waals surface area contributed by atoms with E-state index in [-0.39, 0.29) is 0 Å². The van der Waals surface area contributed by atoms with Gasteiger partial charge >= 0.3 is 0 Å². The minimum atomic E-state index is 0.470. The van der Waals surface area contributed by atoms with Gasteiger partial charge in [0.2, 0.25) is 0 Å². The van der Waals surface area contributed by atoms with E-state index in [0.29, 0.717) is 5.92 Å². The van der Waals surface area contributed by atoms with Crippen LogP contribution in [-0.4, -0.2) is 12.8 Å². The highest BCUT2D eigenvalue weighted by Crippen LogP contribution is 2.31. The van der Waals surface area contributed by atoms with Crippen molar-refractivity contribution in [1.82, 2.24) is 0 Å². The molecule has 0 spiro atoms. The Hall–Kier alpha value is -2.09. The van der Waals surface area contributed by atoms with Crippen molar-refractivity contribution >= 4 is 11.4 Å². The second-order valence-electron chi connectivity index (χ2n) is 7.37. The zero-order chi connectivity index (χ0) is 18.9. The molecule has 0 bridgehead atoms. The number of aliphatic imine (C=N–C) groups is 1. The SMILES string of the molecule is COc1c(C)cc(N=C(C)c2c(C(C)C)cc(C)c(C)c2C)cc1C. The van der Waals surface area contributed by atoms with Gasteiger partial charge in [0.05, 0.1) is 12.8 Å². The summed E-state index contributed by atoms with van der Waals surface area (Å²) in [6, 6.07) is 6.52. The van der Waals surface area contributed by atoms with Crippen LogP contribution in [0.25, 0.3) is 0 Å². The quantitative estimate of drug-likeness (QED) is 0.583. The fourth-order valence-corrected chi connectivity index (χ4v) is 3.61. The summed E-state index contributed by atoms with van der Waals surface area (Å²) in [5, 5.41) is 0. The van der Waals surface area contributed by atoms with Crippen LogP contribution in [0.15, 0.2) is 23.2 Å². The van der Waals surface area contributed by atoms with Crippen LogP contribution in [0.3, 0.4) is 0 Å². The van der Waals surface area contributed by atoms with Crippen molar-refractivity contribution in [2.24, 2.45) is 4.99 Å². The van der Waals surface area contributed by atoms with Gasteiger partial charge in [-0.2, -0.15) is 0 Å². The molecule has 0 saturated heterocycles. The molecule has 134 valence electrons. The first-order valence-corrected chi connectivity index (χ1v) is 8.99. The van der Waals surface area contributed by atoms with Gasteiger partial charge < -0.3 is 4.74 Å². The maximum atomic E-state index is 5.47. The summed E-state index contributed by atoms with van der Waals surface area (Å²) in [4.78, 5) is 4.96. The van der Waals surface area contributed by atoms with Crippen LogP contribution in [-0.2, 0) is 0 Å². The van der Waals surface area contributed by atoms with Crippen LogP contribution in [0.1, 0.15) is 65.6 Å². The Morgan fingerprint density at radius 1 is 0.880 bits per heavy atom. The lowest BCUT2D eigenvalue weighted by molar-refractivity contribution is 0.408. The summed E-state index contributed by atoms with van der Waals surface area (Å²) in [5.41, 5.74) is 11.0. The fraction of sp³-hybridized carbons (Fsp3) is 0.435. The summed E-state index contributed by atoms with van der Waals surface area (Å²) in [6.07, 6.45) is 0. The van der Waals surface area contributed by atoms with Crippen molar-refractivity contribution < 1.29 is 4.74 Å². The van der Waals surface area contributed by atoms with Crippen LogP contribution >= 0.6 is 0 Å². The molecule has 0 radical (unpaired) electrons. The Kier molecular flexibility index (Phi) is 5.72. The molecular weight excluding hydrogens is 306 g/mol. The Labute approximate surface area is 153 Å². The summed E-state index contributed by atoms with van der Waals surface area (Å²) in [5.74, 6) is 1.42. The van der Waals surface area contributed by atoms with Crippen molar-refractivity contribution in [2.45, 2.75) is 61.3 Å². The van der Waals surface area contributed by atoms with E-state index in [1.165, 1.54) is 27.8 Å². The molecule has 0 amide bonds. The molecule has 2 aromatic carbocycles. The van der Waals surface area contributed by atoms with E-state index in [0.717, 1.165) is 28.3 Å². The summed E-state index contributed by atoms with van der Waals surface area (Å²) < 4.78 is 5.47. The van der Waals surface area contributed by atoms with Crippen molar-refractivity contribution in [3.63, 3.8) is 0 Å². The van der Waals surface area contributed by atoms with E-state index in [4.69, 9.17) is 9.73 Å². The predicted octanol–water partition coefficient (Wildman–Crippen LogP) is 6.50. The number of rotatable bonds is 4. The van der Waals surface area contributed by atoms with E-state index in [1.807, 2.05) is 0 Å². The predicted molar refractivity (Wildman–Crippen MR) is 109 cm³/mol. The van der Waals surface area contributed by atoms with Crippen LogP contribution in [0.5, 0.6) is 5.75 Å². The van der Waals surface area contributed by atoms with Crippen LogP contribution in [0, 0.1) is 34.6 Å². The normalized spacial score (nSPS) is 12.0. The van der Waals surface area contributed by atoms with E-state index < -0.39 is 0 Å². The largest absolute Gasteiger partial charge is 0.496 e. The molecule has 2 heteroatoms. The van der Waals surface area contributed by atoms with Gasteiger partial charge in [-0.3, -0.25) is 4.99 Å². The molecule has 0 aromatic heterocycles. The molecule has 2 aromatic rings. The topological polar surface area (TPSA) is 21.6 Å². The van der Waals surface area contributed by atoms with Crippen molar-refractivity contribution in [1.29, 1.82) is 0 Å². The third-order valence-corrected chi connectivity index (χ3v) is 5.12. The maximum Gasteiger partial charge on any atom is 0.124 e. The molecule has 0 aliphatic carbocycles. The molecular formula is C23H31NO. The second kappa shape index (κ2) is 7.43. The van der Waals surface area contributed by atoms with Gasteiger partial charge in [0.1, 0.15) is 5.75 Å². The summed E-state index contributed by atoms with van der Waals surface area (Å²) >= 11 is 0. The molecule has 0 saturated carbocycles. The highest BCUT2D eigenvalue weighted by molar-refractivity contribution is 6.03. The van der Waals surface area contributed by atoms with Gasteiger partial charge in [0.15, 0.2) is 0 Å². The average Bonchev–Trinajstić information content (AvgIpc) is 2.51. The van der Waals surface area contributed by atoms with E-state index in [1.54, 1.807) is 7.11 Å². The smallest absolute Gasteiger partial charge is 0.124 e. The van der Waals surface area contributed by atoms with Crippen molar-refractivity contribution in [3.05, 3.63) is 57.1 Å². The monoisotopic (exact) mass is 337 g/mol. The Balaban J connectivity index is 2.63. The molecule has 0 heterocycles. The lowest BCUT2D eigenvalue weighted by Gasteiger charge is -2.20. The second-order valence-corrected chi connectivity index (χ2v) is 7.37. The number of methoxy groups -OCH3 is 1. The van der Waals surface area contributed by atoms with Gasteiger partial charge in [0, 0.05) is 11.3 Å². The van der Waals surface area contributed by atoms with Gasteiger partial charge in [-0.1, -0.05) is 19.9 Å². The highest BCUT2D eigenvalue weighted by Gasteiger charge is 2.16. The number of nitrogens with zero attached hydrogens (tertiary/aromatic N) is 1. The zero-order valence-corrected chi connectivity index (χ0v) is 17.2. The molecule has 2 rings (SSSR count). The Morgan fingerprint density at radius 3 is 1.92 bits per heavy atom. The van der Waals surface area contributed by atoms with E-state index in [2.05, 4.69) is 73.6 Å². The van der Waals surface area contributed by atoms with Crippen molar-refractivity contribution in [3.8, 4) is 5.75 Å². The molecule has 0 N–H and O–H groups in total. The third-order valence-electron chi connectivity index (χ3n) is 5.12. The fourth-order valence-electron chi connectivity index (χ4n) is 3.61. The molecule has 0 fully saturated rings. The van der Waals surface area contributed by atoms with Crippen LogP contribution in [0.2, 0.25) is 0 Å². The van der Waals surface area contributed by atoms with Crippen LogP contribution < -0.4 is 4.74 Å². The molecule has 0 aliphatic heterocycles. The first-order valence-electron chi connectivity index (χ1n) is 8.99.